The Hall–Kier alpha value is -3.07. The Morgan fingerprint density at radius 3 is 0.754 bits per heavy atom. The fourth-order valence-corrected chi connectivity index (χ4v) is 16.6. The molecule has 1 aromatic heterocycles. The van der Waals surface area contributed by atoms with Crippen LogP contribution in [-0.4, -0.2) is 139 Å². The molecular formula is C100H193N5O9. The first-order valence-corrected chi connectivity index (χ1v) is 50.5. The van der Waals surface area contributed by atoms with Crippen molar-refractivity contribution in [1.29, 1.82) is 0 Å². The highest BCUT2D eigenvalue weighted by Gasteiger charge is 2.24. The van der Waals surface area contributed by atoms with Crippen LogP contribution in [0.25, 0.3) is 0 Å². The number of nitrogens with zero attached hydrogens (tertiary/aromatic N) is 5. The van der Waals surface area contributed by atoms with E-state index in [1.54, 1.807) is 0 Å². The van der Waals surface area contributed by atoms with Gasteiger partial charge in [0.05, 0.1) is 56.3 Å². The number of esters is 4. The van der Waals surface area contributed by atoms with Crippen LogP contribution in [-0.2, 0) is 51.2 Å². The van der Waals surface area contributed by atoms with Gasteiger partial charge in [-0.15, -0.1) is 0 Å². The largest absolute Gasteiger partial charge is 0.465 e. The summed E-state index contributed by atoms with van der Waals surface area (Å²) in [6.07, 6.45) is 79.3. The Balaban J connectivity index is 3.41. The molecule has 1 N–H and O–H groups in total. The van der Waals surface area contributed by atoms with Gasteiger partial charge in [0.2, 0.25) is 0 Å². The summed E-state index contributed by atoms with van der Waals surface area (Å²) in [6, 6.07) is 0. The highest BCUT2D eigenvalue weighted by atomic mass is 16.5. The van der Waals surface area contributed by atoms with Crippen LogP contribution in [0.5, 0.6) is 0 Å². The second kappa shape index (κ2) is 84.9. The molecule has 4 atom stereocenters. The number of unbranched alkanes of at least 4 members (excludes halogenated alkanes) is 45. The van der Waals surface area contributed by atoms with Crippen molar-refractivity contribution in [1.82, 2.24) is 24.5 Å². The lowest BCUT2D eigenvalue weighted by Crippen LogP contribution is -2.40. The van der Waals surface area contributed by atoms with E-state index in [9.17, 15) is 24.3 Å². The maximum absolute atomic E-state index is 13.6. The molecular weight excluding hydrogens is 1420 g/mol. The third-order valence-corrected chi connectivity index (χ3v) is 24.4. The average molecular weight is 1610 g/mol. The van der Waals surface area contributed by atoms with E-state index in [-0.39, 0.29) is 54.2 Å². The third-order valence-electron chi connectivity index (χ3n) is 24.4. The number of rotatable bonds is 92. The molecule has 114 heavy (non-hydrogen) atoms. The molecule has 14 heteroatoms. The lowest BCUT2D eigenvalue weighted by Gasteiger charge is -2.30. The quantitative estimate of drug-likeness (QED) is 0.0374. The summed E-state index contributed by atoms with van der Waals surface area (Å²) in [5.74, 6) is 0.314. The monoisotopic (exact) mass is 1610 g/mol. The number of aliphatic hydroxyl groups excluding tert-OH is 1. The Kier molecular flexibility index (Phi) is 81.2. The van der Waals surface area contributed by atoms with Gasteiger partial charge >= 0.3 is 23.9 Å². The zero-order valence-electron chi connectivity index (χ0n) is 77.2. The van der Waals surface area contributed by atoms with Gasteiger partial charge in [0.15, 0.2) is 0 Å². The molecule has 0 fully saturated rings. The Labute approximate surface area is 707 Å². The van der Waals surface area contributed by atoms with Gasteiger partial charge in [-0.3, -0.25) is 28.8 Å². The molecule has 0 saturated heterocycles. The number of ether oxygens (including phenoxy) is 4. The molecule has 0 bridgehead atoms. The summed E-state index contributed by atoms with van der Waals surface area (Å²) in [6.45, 7) is 30.0. The summed E-state index contributed by atoms with van der Waals surface area (Å²) in [5, 5.41) is 14.5. The maximum atomic E-state index is 13.6. The standard InChI is InChI=1S/C100H193N5O9/c1-9-17-25-33-37-53-71-93(67-49-29-21-13-5)97(107)111-85-63-45-41-57-75-102(76-58-42-46-64-86-112-98(108)94(68-50-30-22-14-6)72-54-38-34-26-18-10-2)80-82-104(90-92-89-101-105(91-92)79-61-62-84-106)83-81-103(77-59-43-47-65-87-113-99(109)95(69-51-31-23-15-7)73-55-39-35-27-19-11-3)78-60-44-48-66-88-114-100(110)96(70-52-32-24-16-8)74-56-40-36-28-20-12-4/h89,91,93-96,106H,9-88,90H2,1-8H3. The van der Waals surface area contributed by atoms with E-state index < -0.39 is 0 Å². The van der Waals surface area contributed by atoms with Gasteiger partial charge in [0.1, 0.15) is 0 Å². The smallest absolute Gasteiger partial charge is 0.308 e. The number of aryl methyl sites for hydroxylation is 1. The molecule has 672 valence electrons. The molecule has 0 saturated carbocycles. The summed E-state index contributed by atoms with van der Waals surface area (Å²) in [5.41, 5.74) is 1.23. The molecule has 0 aliphatic rings. The number of carbonyl (C=O) groups excluding carboxylic acids is 4. The molecule has 0 aromatic carbocycles. The van der Waals surface area contributed by atoms with E-state index in [4.69, 9.17) is 24.0 Å². The summed E-state index contributed by atoms with van der Waals surface area (Å²) in [7, 11) is 0. The van der Waals surface area contributed by atoms with Crippen molar-refractivity contribution < 1.29 is 43.2 Å². The zero-order valence-corrected chi connectivity index (χ0v) is 77.2. The molecule has 1 rings (SSSR count). The topological polar surface area (TPSA) is 153 Å². The van der Waals surface area contributed by atoms with Crippen LogP contribution in [0.2, 0.25) is 0 Å². The van der Waals surface area contributed by atoms with Crippen molar-refractivity contribution in [3.63, 3.8) is 0 Å². The van der Waals surface area contributed by atoms with E-state index in [1.807, 2.05) is 0 Å². The number of aromatic nitrogens is 2. The molecule has 0 radical (unpaired) electrons. The Morgan fingerprint density at radius 2 is 0.500 bits per heavy atom. The normalized spacial score (nSPS) is 12.9. The minimum absolute atomic E-state index is 0.0374. The number of carbonyl (C=O) groups is 4. The first-order chi connectivity index (χ1) is 56.0. The van der Waals surface area contributed by atoms with Gasteiger partial charge in [-0.25, -0.2) is 0 Å². The van der Waals surface area contributed by atoms with Crippen molar-refractivity contribution in [3.05, 3.63) is 18.0 Å². The van der Waals surface area contributed by atoms with Crippen molar-refractivity contribution in [2.75, 3.05) is 85.4 Å². The van der Waals surface area contributed by atoms with Crippen LogP contribution in [0.15, 0.2) is 12.4 Å². The van der Waals surface area contributed by atoms with Crippen LogP contribution in [0, 0.1) is 23.7 Å². The Bertz CT molecular complexity index is 1960. The first kappa shape index (κ1) is 109. The van der Waals surface area contributed by atoms with Crippen molar-refractivity contribution in [3.8, 4) is 0 Å². The fraction of sp³-hybridized carbons (Fsp3) is 0.930. The van der Waals surface area contributed by atoms with Gasteiger partial charge in [-0.05, 0) is 142 Å². The van der Waals surface area contributed by atoms with Crippen LogP contribution >= 0.6 is 0 Å². The third kappa shape index (κ3) is 67.7. The number of aliphatic hydroxyl groups is 1. The lowest BCUT2D eigenvalue weighted by atomic mass is 9.94. The van der Waals surface area contributed by atoms with Crippen LogP contribution in [0.1, 0.15) is 485 Å². The predicted octanol–water partition coefficient (Wildman–Crippen LogP) is 27.8. The van der Waals surface area contributed by atoms with Crippen molar-refractivity contribution in [2.24, 2.45) is 23.7 Å². The second-order valence-corrected chi connectivity index (χ2v) is 35.2. The molecule has 0 amide bonds. The number of hydrogen-bond acceptors (Lipinski definition) is 13. The summed E-state index contributed by atoms with van der Waals surface area (Å²) >= 11 is 0. The van der Waals surface area contributed by atoms with Gasteiger partial charge in [-0.2, -0.15) is 5.10 Å². The van der Waals surface area contributed by atoms with Crippen LogP contribution < -0.4 is 0 Å². The molecule has 1 heterocycles. The minimum Gasteiger partial charge on any atom is -0.465 e. The van der Waals surface area contributed by atoms with E-state index in [0.29, 0.717) is 26.4 Å². The second-order valence-electron chi connectivity index (χ2n) is 35.2. The van der Waals surface area contributed by atoms with Gasteiger partial charge < -0.3 is 33.9 Å². The molecule has 0 spiro atoms. The van der Waals surface area contributed by atoms with E-state index in [0.717, 1.165) is 284 Å². The van der Waals surface area contributed by atoms with E-state index in [1.165, 1.54) is 211 Å². The zero-order chi connectivity index (χ0) is 82.7. The highest BCUT2D eigenvalue weighted by Crippen LogP contribution is 2.27. The van der Waals surface area contributed by atoms with E-state index in [2.05, 4.69) is 87.2 Å². The average Bonchev–Trinajstić information content (AvgIpc) is 1.74. The highest BCUT2D eigenvalue weighted by molar-refractivity contribution is 5.73. The predicted molar refractivity (Wildman–Crippen MR) is 485 cm³/mol. The van der Waals surface area contributed by atoms with Crippen LogP contribution in [0.3, 0.4) is 0 Å². The van der Waals surface area contributed by atoms with Crippen molar-refractivity contribution in [2.45, 2.75) is 492 Å². The SMILES string of the molecule is CCCCCCCCC(CCCCCC)C(=O)OCCCCCCN(CCCCCCOC(=O)C(CCCCCC)CCCCCCCC)CCN(CCN(CCCCCCOC(=O)C(CCCCCC)CCCCCCCC)CCCCCCOC(=O)C(CCCCCC)CCCCCCCC)Cc1cnn(CCCCO)c1. The first-order valence-electron chi connectivity index (χ1n) is 50.5. The van der Waals surface area contributed by atoms with Crippen LogP contribution in [0.4, 0.5) is 0 Å². The molecule has 1 aromatic rings. The Morgan fingerprint density at radius 1 is 0.281 bits per heavy atom. The summed E-state index contributed by atoms with van der Waals surface area (Å²) in [4.78, 5) is 62.5. The maximum Gasteiger partial charge on any atom is 0.308 e. The fourth-order valence-electron chi connectivity index (χ4n) is 16.6. The summed E-state index contributed by atoms with van der Waals surface area (Å²) < 4.78 is 26.4. The lowest BCUT2D eigenvalue weighted by molar-refractivity contribution is -0.150. The van der Waals surface area contributed by atoms with Crippen molar-refractivity contribution >= 4 is 23.9 Å². The molecule has 0 aliphatic carbocycles. The van der Waals surface area contributed by atoms with E-state index >= 15 is 0 Å². The number of hydrogen-bond donors (Lipinski definition) is 1. The minimum atomic E-state index is 0.0374. The van der Waals surface area contributed by atoms with Gasteiger partial charge in [0.25, 0.3) is 0 Å². The van der Waals surface area contributed by atoms with Gasteiger partial charge in [0, 0.05) is 57.6 Å². The molecule has 14 nitrogen and oxygen atoms in total. The molecule has 4 unspecified atom stereocenters. The van der Waals surface area contributed by atoms with Gasteiger partial charge in [-0.1, -0.05) is 364 Å². The molecule has 0 aliphatic heterocycles.